The topological polar surface area (TPSA) is 101 Å². The summed E-state index contributed by atoms with van der Waals surface area (Å²) in [6.45, 7) is 0.788. The van der Waals surface area contributed by atoms with E-state index < -0.39 is 5.82 Å². The first-order chi connectivity index (χ1) is 15.9. The molecule has 3 N–H and O–H groups in total. The van der Waals surface area contributed by atoms with Crippen molar-refractivity contribution >= 4 is 34.9 Å². The van der Waals surface area contributed by atoms with Crippen molar-refractivity contribution < 1.29 is 9.18 Å². The normalized spacial score (nSPS) is 15.8. The lowest BCUT2D eigenvalue weighted by atomic mass is 10.0. The number of halogens is 2. The van der Waals surface area contributed by atoms with Gasteiger partial charge in [0, 0.05) is 41.5 Å². The van der Waals surface area contributed by atoms with Crippen molar-refractivity contribution in [3.63, 3.8) is 0 Å². The molecule has 0 bridgehead atoms. The minimum atomic E-state index is -0.412. The molecule has 166 valence electrons. The summed E-state index contributed by atoms with van der Waals surface area (Å²) < 4.78 is 14.9. The lowest BCUT2D eigenvalue weighted by Gasteiger charge is -2.19. The number of benzene rings is 1. The van der Waals surface area contributed by atoms with Crippen LogP contribution in [0.1, 0.15) is 24.1 Å². The van der Waals surface area contributed by atoms with Crippen molar-refractivity contribution in [2.24, 2.45) is 0 Å². The third-order valence-corrected chi connectivity index (χ3v) is 6.70. The Hall–Kier alpha value is -3.72. The third kappa shape index (κ3) is 3.36. The zero-order valence-electron chi connectivity index (χ0n) is 17.4. The second kappa shape index (κ2) is 7.14. The summed E-state index contributed by atoms with van der Waals surface area (Å²) in [4.78, 5) is 23.8. The molecule has 10 heteroatoms. The van der Waals surface area contributed by atoms with Crippen LogP contribution in [0.4, 0.5) is 20.8 Å². The molecule has 1 saturated carbocycles. The van der Waals surface area contributed by atoms with Crippen LogP contribution in [0.5, 0.6) is 0 Å². The van der Waals surface area contributed by atoms with Crippen LogP contribution in [0.2, 0.25) is 5.02 Å². The number of hydrogen-bond acceptors (Lipinski definition) is 5. The minimum absolute atomic E-state index is 0.0653. The van der Waals surface area contributed by atoms with Crippen LogP contribution >= 0.6 is 11.6 Å². The molecule has 4 aromatic rings. The lowest BCUT2D eigenvalue weighted by molar-refractivity contribution is 0.246. The molecular weight excluding hydrogens is 445 g/mol. The number of pyridine rings is 2. The molecule has 0 saturated heterocycles. The zero-order valence-corrected chi connectivity index (χ0v) is 18.2. The molecule has 2 aliphatic rings. The monoisotopic (exact) mass is 463 g/mol. The summed E-state index contributed by atoms with van der Waals surface area (Å²) in [5.74, 6) is -0.205. The van der Waals surface area contributed by atoms with Gasteiger partial charge in [0.25, 0.3) is 0 Å². The number of fused-ring (bicyclic) bond motifs is 3. The fourth-order valence-corrected chi connectivity index (χ4v) is 4.66. The fraction of sp³-hybridized carbons (Fsp3) is 0.217. The van der Waals surface area contributed by atoms with Crippen LogP contribution in [0, 0.1) is 5.82 Å². The average molecular weight is 464 g/mol. The Morgan fingerprint density at radius 3 is 2.85 bits per heavy atom. The molecule has 3 aromatic heterocycles. The van der Waals surface area contributed by atoms with Crippen molar-refractivity contribution in [2.45, 2.75) is 24.8 Å². The van der Waals surface area contributed by atoms with Gasteiger partial charge in [-0.05, 0) is 54.3 Å². The molecule has 33 heavy (non-hydrogen) atoms. The fourth-order valence-electron chi connectivity index (χ4n) is 4.42. The van der Waals surface area contributed by atoms with Gasteiger partial charge in [0.1, 0.15) is 5.82 Å². The summed E-state index contributed by atoms with van der Waals surface area (Å²) >= 11 is 6.11. The standard InChI is InChI=1S/C23H19ClFN7O/c24-17-9-16(25)2-1-14(17)10-28-22(33)31-12-23(4-5-23)20-18(31)7-15(11-27-20)13-3-6-32-19(8-13)29-21(26)30-32/h1-3,6-9,11H,4-5,10,12H2,(H2,26,30)(H,28,33). The van der Waals surface area contributed by atoms with Crippen LogP contribution in [-0.4, -0.2) is 32.2 Å². The van der Waals surface area contributed by atoms with Crippen molar-refractivity contribution in [1.82, 2.24) is 24.9 Å². The molecule has 6 rings (SSSR count). The highest BCUT2D eigenvalue weighted by molar-refractivity contribution is 6.31. The first-order valence-corrected chi connectivity index (χ1v) is 10.9. The molecule has 1 fully saturated rings. The molecule has 0 atom stereocenters. The molecule has 1 aliphatic heterocycles. The number of amides is 2. The van der Waals surface area contributed by atoms with Crippen molar-refractivity contribution in [2.75, 3.05) is 17.2 Å². The molecule has 1 spiro atoms. The molecular formula is C23H19ClFN7O. The molecule has 8 nitrogen and oxygen atoms in total. The van der Waals surface area contributed by atoms with E-state index in [-0.39, 0.29) is 29.0 Å². The van der Waals surface area contributed by atoms with Crippen LogP contribution < -0.4 is 16.0 Å². The molecule has 2 amide bonds. The minimum Gasteiger partial charge on any atom is -0.366 e. The average Bonchev–Trinajstić information content (AvgIpc) is 3.37. The molecule has 4 heterocycles. The highest BCUT2D eigenvalue weighted by Gasteiger charge is 2.54. The van der Waals surface area contributed by atoms with Crippen LogP contribution in [-0.2, 0) is 12.0 Å². The summed E-state index contributed by atoms with van der Waals surface area (Å²) in [5.41, 5.74) is 10.4. The van der Waals surface area contributed by atoms with E-state index in [1.807, 2.05) is 24.4 Å². The van der Waals surface area contributed by atoms with Crippen molar-refractivity contribution in [3.8, 4) is 11.1 Å². The van der Waals surface area contributed by atoms with Gasteiger partial charge < -0.3 is 11.1 Å². The highest BCUT2D eigenvalue weighted by atomic mass is 35.5. The molecule has 1 aromatic carbocycles. The maximum atomic E-state index is 13.3. The first-order valence-electron chi connectivity index (χ1n) is 10.5. The number of nitrogens with one attached hydrogen (secondary N) is 1. The van der Waals surface area contributed by atoms with Gasteiger partial charge in [-0.3, -0.25) is 9.88 Å². The summed E-state index contributed by atoms with van der Waals surface area (Å²) in [6.07, 6.45) is 5.64. The largest absolute Gasteiger partial charge is 0.366 e. The number of nitrogen functional groups attached to an aromatic ring is 1. The number of rotatable bonds is 3. The first kappa shape index (κ1) is 19.9. The summed E-state index contributed by atoms with van der Waals surface area (Å²) in [6, 6.07) is 9.69. The predicted octanol–water partition coefficient (Wildman–Crippen LogP) is 3.93. The smallest absolute Gasteiger partial charge is 0.322 e. The van der Waals surface area contributed by atoms with Gasteiger partial charge in [0.2, 0.25) is 5.95 Å². The second-order valence-corrected chi connectivity index (χ2v) is 8.95. The molecule has 0 radical (unpaired) electrons. The number of hydrogen-bond donors (Lipinski definition) is 2. The zero-order chi connectivity index (χ0) is 22.7. The van der Waals surface area contributed by atoms with Gasteiger partial charge >= 0.3 is 6.03 Å². The lowest BCUT2D eigenvalue weighted by Crippen LogP contribution is -2.40. The Labute approximate surface area is 193 Å². The highest BCUT2D eigenvalue weighted by Crippen LogP contribution is 2.56. The predicted molar refractivity (Wildman–Crippen MR) is 123 cm³/mol. The van der Waals surface area contributed by atoms with Gasteiger partial charge in [0.15, 0.2) is 5.65 Å². The van der Waals surface area contributed by atoms with Crippen LogP contribution in [0.25, 0.3) is 16.8 Å². The Bertz CT molecular complexity index is 1430. The van der Waals surface area contributed by atoms with E-state index in [9.17, 15) is 9.18 Å². The molecule has 0 unspecified atom stereocenters. The number of anilines is 2. The van der Waals surface area contributed by atoms with E-state index in [0.717, 1.165) is 35.3 Å². The Kier molecular flexibility index (Phi) is 4.31. The van der Waals surface area contributed by atoms with Gasteiger partial charge in [0.05, 0.1) is 11.4 Å². The maximum absolute atomic E-state index is 13.3. The summed E-state index contributed by atoms with van der Waals surface area (Å²) in [7, 11) is 0. The van der Waals surface area contributed by atoms with Crippen molar-refractivity contribution in [1.29, 1.82) is 0 Å². The third-order valence-electron chi connectivity index (χ3n) is 6.35. The summed E-state index contributed by atoms with van der Waals surface area (Å²) in [5, 5.41) is 7.29. The van der Waals surface area contributed by atoms with Crippen molar-refractivity contribution in [3.05, 3.63) is 70.9 Å². The van der Waals surface area contributed by atoms with E-state index in [0.29, 0.717) is 17.8 Å². The van der Waals surface area contributed by atoms with E-state index in [2.05, 4.69) is 15.4 Å². The van der Waals surface area contributed by atoms with E-state index in [1.54, 1.807) is 21.7 Å². The second-order valence-electron chi connectivity index (χ2n) is 8.54. The Balaban J connectivity index is 1.30. The van der Waals surface area contributed by atoms with Gasteiger partial charge in [-0.1, -0.05) is 17.7 Å². The number of nitrogens with zero attached hydrogens (tertiary/aromatic N) is 5. The Morgan fingerprint density at radius 1 is 1.21 bits per heavy atom. The number of carbonyl (C=O) groups excluding carboxylic acids is 1. The number of carbonyl (C=O) groups is 1. The van der Waals surface area contributed by atoms with Gasteiger partial charge in [-0.2, -0.15) is 4.98 Å². The molecule has 1 aliphatic carbocycles. The van der Waals surface area contributed by atoms with Gasteiger partial charge in [-0.25, -0.2) is 13.7 Å². The van der Waals surface area contributed by atoms with E-state index in [1.165, 1.54) is 12.1 Å². The van der Waals surface area contributed by atoms with E-state index in [4.69, 9.17) is 22.3 Å². The van der Waals surface area contributed by atoms with Crippen LogP contribution in [0.15, 0.2) is 48.8 Å². The van der Waals surface area contributed by atoms with E-state index >= 15 is 0 Å². The van der Waals surface area contributed by atoms with Crippen LogP contribution in [0.3, 0.4) is 0 Å². The van der Waals surface area contributed by atoms with Gasteiger partial charge in [-0.15, -0.1) is 5.10 Å². The Morgan fingerprint density at radius 2 is 2.06 bits per heavy atom. The number of nitrogens with two attached hydrogens (primary N) is 1. The quantitative estimate of drug-likeness (QED) is 0.479. The maximum Gasteiger partial charge on any atom is 0.322 e. The number of urea groups is 1. The number of aromatic nitrogens is 4. The SMILES string of the molecule is Nc1nc2cc(-c3cnc4c(c3)N(C(=O)NCc3ccc(F)cc3Cl)CC43CC3)ccn2n1.